The normalized spacial score (nSPS) is 18.1. The Morgan fingerprint density at radius 2 is 1.90 bits per heavy atom. The highest BCUT2D eigenvalue weighted by Crippen LogP contribution is 2.42. The van der Waals surface area contributed by atoms with Crippen molar-refractivity contribution in [2.45, 2.75) is 36.3 Å². The van der Waals surface area contributed by atoms with Crippen LogP contribution in [0.3, 0.4) is 0 Å². The summed E-state index contributed by atoms with van der Waals surface area (Å²) in [5, 5.41) is 3.46. The third-order valence-corrected chi connectivity index (χ3v) is 6.72. The van der Waals surface area contributed by atoms with Gasteiger partial charge in [0.15, 0.2) is 0 Å². The number of nitrogens with one attached hydrogen (secondary N) is 2. The Labute approximate surface area is 190 Å². The number of amides is 3. The van der Waals surface area contributed by atoms with E-state index in [9.17, 15) is 14.4 Å². The van der Waals surface area contributed by atoms with Crippen LogP contribution in [0, 0.1) is 0 Å². The van der Waals surface area contributed by atoms with Crippen LogP contribution in [-0.4, -0.2) is 40.8 Å². The summed E-state index contributed by atoms with van der Waals surface area (Å²) in [6.07, 6.45) is 2.00. The van der Waals surface area contributed by atoms with Gasteiger partial charge >= 0.3 is 0 Å². The molecule has 1 saturated heterocycles. The van der Waals surface area contributed by atoms with E-state index in [0.29, 0.717) is 18.0 Å². The van der Waals surface area contributed by atoms with Crippen molar-refractivity contribution in [3.05, 3.63) is 53.6 Å². The number of anilines is 1. The fraction of sp³-hybridized carbons (Fsp3) is 0.318. The zero-order valence-corrected chi connectivity index (χ0v) is 19.4. The molecule has 31 heavy (non-hydrogen) atoms. The van der Waals surface area contributed by atoms with Crippen LogP contribution in [0.15, 0.2) is 47.4 Å². The number of hydrazine groups is 1. The molecule has 2 aromatic carbocycles. The van der Waals surface area contributed by atoms with Crippen LogP contribution in [0.25, 0.3) is 0 Å². The van der Waals surface area contributed by atoms with Gasteiger partial charge in [-0.1, -0.05) is 12.1 Å². The van der Waals surface area contributed by atoms with Crippen LogP contribution in [0.5, 0.6) is 5.75 Å². The molecule has 1 fully saturated rings. The second-order valence-electron chi connectivity index (χ2n) is 6.88. The van der Waals surface area contributed by atoms with Crippen LogP contribution in [0.2, 0.25) is 0 Å². The number of ether oxygens (including phenoxy) is 1. The van der Waals surface area contributed by atoms with Gasteiger partial charge in [-0.05, 0) is 49.9 Å². The highest BCUT2D eigenvalue weighted by atomic mass is 32.2. The first-order valence-electron chi connectivity index (χ1n) is 9.82. The van der Waals surface area contributed by atoms with E-state index in [1.807, 2.05) is 44.4 Å². The number of hydrogen-bond donors (Lipinski definition) is 2. The van der Waals surface area contributed by atoms with Gasteiger partial charge in [-0.3, -0.25) is 19.8 Å². The molecule has 2 N–H and O–H groups in total. The number of thioether (sulfide) groups is 2. The molecule has 164 valence electrons. The molecule has 0 bridgehead atoms. The molecule has 0 aromatic heterocycles. The average Bonchev–Trinajstić information content (AvgIpc) is 3.02. The molecule has 2 aromatic rings. The maximum absolute atomic E-state index is 13.1. The molecule has 3 rings (SSSR count). The fourth-order valence-corrected chi connectivity index (χ4v) is 4.79. The number of hydrogen-bond acceptors (Lipinski definition) is 6. The summed E-state index contributed by atoms with van der Waals surface area (Å²) in [5.74, 6) is -0.500. The van der Waals surface area contributed by atoms with E-state index in [1.54, 1.807) is 30.0 Å². The van der Waals surface area contributed by atoms with Crippen molar-refractivity contribution in [2.24, 2.45) is 0 Å². The second kappa shape index (κ2) is 10.1. The molecule has 1 aliphatic rings. The predicted molar refractivity (Wildman–Crippen MR) is 124 cm³/mol. The lowest BCUT2D eigenvalue weighted by Crippen LogP contribution is -2.45. The molecular weight excluding hydrogens is 434 g/mol. The van der Waals surface area contributed by atoms with Crippen molar-refractivity contribution < 1.29 is 19.1 Å². The van der Waals surface area contributed by atoms with E-state index in [-0.39, 0.29) is 28.0 Å². The van der Waals surface area contributed by atoms with Gasteiger partial charge < -0.3 is 10.1 Å². The molecule has 1 heterocycles. The smallest absolute Gasteiger partial charge is 0.273 e. The largest absolute Gasteiger partial charge is 0.493 e. The highest BCUT2D eigenvalue weighted by molar-refractivity contribution is 8.01. The van der Waals surface area contributed by atoms with Crippen LogP contribution >= 0.6 is 23.5 Å². The Hall–Kier alpha value is -2.65. The molecular formula is C22H25N3O4S2. The Kier molecular flexibility index (Phi) is 7.50. The molecule has 9 heteroatoms. The number of carbonyl (C=O) groups is 3. The minimum absolute atomic E-state index is 0.162. The third kappa shape index (κ3) is 5.34. The van der Waals surface area contributed by atoms with Gasteiger partial charge in [0, 0.05) is 23.6 Å². The van der Waals surface area contributed by atoms with Crippen LogP contribution in [0.4, 0.5) is 5.69 Å². The van der Waals surface area contributed by atoms with E-state index < -0.39 is 5.91 Å². The van der Waals surface area contributed by atoms with E-state index in [4.69, 9.17) is 4.74 Å². The van der Waals surface area contributed by atoms with Crippen LogP contribution < -0.4 is 15.5 Å². The first kappa shape index (κ1) is 23.0. The Morgan fingerprint density at radius 1 is 1.19 bits per heavy atom. The number of benzene rings is 2. The topological polar surface area (TPSA) is 87.7 Å². The van der Waals surface area contributed by atoms with Gasteiger partial charge in [0.25, 0.3) is 11.8 Å². The molecule has 0 spiro atoms. The molecule has 3 amide bonds. The summed E-state index contributed by atoms with van der Waals surface area (Å²) in [6.45, 7) is 5.40. The molecule has 0 aliphatic carbocycles. The van der Waals surface area contributed by atoms with Crippen molar-refractivity contribution in [2.75, 3.05) is 18.2 Å². The molecule has 2 atom stereocenters. The zero-order valence-electron chi connectivity index (χ0n) is 17.8. The molecule has 0 unspecified atom stereocenters. The number of rotatable bonds is 7. The predicted octanol–water partition coefficient (Wildman–Crippen LogP) is 4.07. The Morgan fingerprint density at radius 3 is 2.52 bits per heavy atom. The second-order valence-corrected chi connectivity index (χ2v) is 9.18. The van der Waals surface area contributed by atoms with Gasteiger partial charge in [-0.25, -0.2) is 5.01 Å². The summed E-state index contributed by atoms with van der Waals surface area (Å²) in [5.41, 5.74) is 4.51. The minimum atomic E-state index is -0.452. The monoisotopic (exact) mass is 459 g/mol. The first-order valence-corrected chi connectivity index (χ1v) is 12.0. The fourth-order valence-electron chi connectivity index (χ4n) is 3.17. The van der Waals surface area contributed by atoms with Crippen LogP contribution in [-0.2, 0) is 9.59 Å². The van der Waals surface area contributed by atoms with E-state index in [0.717, 1.165) is 10.5 Å². The van der Waals surface area contributed by atoms with Gasteiger partial charge in [-0.2, -0.15) is 0 Å². The van der Waals surface area contributed by atoms with Gasteiger partial charge in [0.05, 0.1) is 17.4 Å². The van der Waals surface area contributed by atoms with E-state index >= 15 is 0 Å². The maximum atomic E-state index is 13.1. The third-order valence-electron chi connectivity index (χ3n) is 4.62. The number of carbonyl (C=O) groups excluding carboxylic acids is 3. The SMILES string of the molecule is CCOc1cc(NC(C)=O)ccc1C(=O)NN1C(=O)[C@@H](C)S[C@H]1c1ccc(SC)cc1. The van der Waals surface area contributed by atoms with E-state index in [2.05, 4.69) is 10.7 Å². The van der Waals surface area contributed by atoms with Gasteiger partial charge in [0.2, 0.25) is 5.91 Å². The first-order chi connectivity index (χ1) is 14.8. The summed E-state index contributed by atoms with van der Waals surface area (Å²) in [6, 6.07) is 12.8. The average molecular weight is 460 g/mol. The summed E-state index contributed by atoms with van der Waals surface area (Å²) >= 11 is 3.13. The number of nitrogens with zero attached hydrogens (tertiary/aromatic N) is 1. The van der Waals surface area contributed by atoms with Crippen molar-refractivity contribution in [3.63, 3.8) is 0 Å². The lowest BCUT2D eigenvalue weighted by molar-refractivity contribution is -0.132. The standard InChI is InChI=1S/C22H25N3O4S2/c1-5-29-19-12-16(23-14(3)26)8-11-18(19)20(27)24-25-21(28)13(2)31-22(25)15-6-9-17(30-4)10-7-15/h6-13,22H,5H2,1-4H3,(H,23,26)(H,24,27)/t13-,22+/m1/s1. The molecule has 0 radical (unpaired) electrons. The van der Waals surface area contributed by atoms with Gasteiger partial charge in [0.1, 0.15) is 11.1 Å². The summed E-state index contributed by atoms with van der Waals surface area (Å²) in [7, 11) is 0. The summed E-state index contributed by atoms with van der Waals surface area (Å²) in [4.78, 5) is 38.3. The molecule has 1 aliphatic heterocycles. The van der Waals surface area contributed by atoms with Crippen LogP contribution in [0.1, 0.15) is 42.1 Å². The zero-order chi connectivity index (χ0) is 22.5. The quantitative estimate of drug-likeness (QED) is 0.607. The van der Waals surface area contributed by atoms with Crippen molar-refractivity contribution in [3.8, 4) is 5.75 Å². The lowest BCUT2D eigenvalue weighted by atomic mass is 10.1. The van der Waals surface area contributed by atoms with Crippen molar-refractivity contribution in [1.29, 1.82) is 0 Å². The van der Waals surface area contributed by atoms with Crippen molar-refractivity contribution in [1.82, 2.24) is 10.4 Å². The molecule has 7 nitrogen and oxygen atoms in total. The molecule has 0 saturated carbocycles. The van der Waals surface area contributed by atoms with Crippen molar-refractivity contribution >= 4 is 46.9 Å². The van der Waals surface area contributed by atoms with Gasteiger partial charge in [-0.15, -0.1) is 23.5 Å². The minimum Gasteiger partial charge on any atom is -0.493 e. The highest BCUT2D eigenvalue weighted by Gasteiger charge is 2.40. The maximum Gasteiger partial charge on any atom is 0.273 e. The Balaban J connectivity index is 1.85. The summed E-state index contributed by atoms with van der Waals surface area (Å²) < 4.78 is 5.61. The Bertz CT molecular complexity index is 981. The lowest BCUT2D eigenvalue weighted by Gasteiger charge is -2.25. The van der Waals surface area contributed by atoms with E-state index in [1.165, 1.54) is 23.7 Å².